The zero-order valence-corrected chi connectivity index (χ0v) is 14.8. The predicted molar refractivity (Wildman–Crippen MR) is 94.6 cm³/mol. The van der Waals surface area contributed by atoms with Gasteiger partial charge < -0.3 is 20.3 Å². The Labute approximate surface area is 148 Å². The van der Waals surface area contributed by atoms with Crippen LogP contribution in [0, 0.1) is 0 Å². The Morgan fingerprint density at radius 2 is 2.04 bits per heavy atom. The molecule has 3 rings (SSSR count). The zero-order chi connectivity index (χ0) is 17.8. The molecule has 6 heteroatoms. The van der Waals surface area contributed by atoms with Gasteiger partial charge in [-0.1, -0.05) is 6.07 Å². The molecule has 0 saturated carbocycles. The number of amides is 1. The third-order valence-electron chi connectivity index (χ3n) is 5.23. The molecular formula is C19H28N2O4. The maximum absolute atomic E-state index is 12.7. The molecule has 0 unspecified atom stereocenters. The third kappa shape index (κ3) is 4.44. The molecule has 0 spiro atoms. The van der Waals surface area contributed by atoms with Crippen LogP contribution in [-0.2, 0) is 16.0 Å². The average molecular weight is 348 g/mol. The molecular weight excluding hydrogens is 320 g/mol. The smallest absolute Gasteiger partial charge is 0.237 e. The van der Waals surface area contributed by atoms with Crippen molar-refractivity contribution in [2.24, 2.45) is 0 Å². The van der Waals surface area contributed by atoms with Gasteiger partial charge in [0, 0.05) is 25.3 Å². The molecule has 2 fully saturated rings. The van der Waals surface area contributed by atoms with Crippen LogP contribution in [-0.4, -0.2) is 58.9 Å². The van der Waals surface area contributed by atoms with E-state index in [0.717, 1.165) is 51.0 Å². The van der Waals surface area contributed by atoms with E-state index in [-0.39, 0.29) is 29.5 Å². The van der Waals surface area contributed by atoms with Gasteiger partial charge in [-0.2, -0.15) is 0 Å². The number of hydrogen-bond acceptors (Lipinski definition) is 5. The van der Waals surface area contributed by atoms with E-state index in [1.54, 1.807) is 12.1 Å². The van der Waals surface area contributed by atoms with E-state index in [9.17, 15) is 15.0 Å². The highest BCUT2D eigenvalue weighted by atomic mass is 16.5. The summed E-state index contributed by atoms with van der Waals surface area (Å²) in [6.07, 6.45) is 4.60. The van der Waals surface area contributed by atoms with Crippen molar-refractivity contribution >= 4 is 5.91 Å². The fourth-order valence-electron chi connectivity index (χ4n) is 3.96. The SMILES string of the molecule is C[C@H](Cc1ccc(O)c(O)c1)NC(=O)[C@@H]1CCCN1C1CCOCC1. The van der Waals surface area contributed by atoms with E-state index in [4.69, 9.17) is 4.74 Å². The number of carbonyl (C=O) groups excluding carboxylic acids is 1. The lowest BCUT2D eigenvalue weighted by atomic mass is 10.0. The molecule has 1 amide bonds. The largest absolute Gasteiger partial charge is 0.504 e. The number of carbonyl (C=O) groups is 1. The molecule has 2 aliphatic heterocycles. The van der Waals surface area contributed by atoms with Gasteiger partial charge in [-0.05, 0) is 63.3 Å². The molecule has 0 radical (unpaired) electrons. The van der Waals surface area contributed by atoms with Gasteiger partial charge in [0.15, 0.2) is 11.5 Å². The summed E-state index contributed by atoms with van der Waals surface area (Å²) in [5, 5.41) is 22.1. The van der Waals surface area contributed by atoms with Gasteiger partial charge >= 0.3 is 0 Å². The highest BCUT2D eigenvalue weighted by Gasteiger charge is 2.36. The van der Waals surface area contributed by atoms with Gasteiger partial charge in [-0.15, -0.1) is 0 Å². The molecule has 1 aromatic rings. The summed E-state index contributed by atoms with van der Waals surface area (Å²) in [4.78, 5) is 15.1. The summed E-state index contributed by atoms with van der Waals surface area (Å²) in [7, 11) is 0. The second-order valence-corrected chi connectivity index (χ2v) is 7.18. The predicted octanol–water partition coefficient (Wildman–Crippen LogP) is 1.79. The summed E-state index contributed by atoms with van der Waals surface area (Å²) in [5.41, 5.74) is 0.885. The Morgan fingerprint density at radius 1 is 1.28 bits per heavy atom. The van der Waals surface area contributed by atoms with Gasteiger partial charge in [-0.3, -0.25) is 9.69 Å². The minimum Gasteiger partial charge on any atom is -0.504 e. The Balaban J connectivity index is 1.55. The van der Waals surface area contributed by atoms with E-state index >= 15 is 0 Å². The number of nitrogens with zero attached hydrogens (tertiary/aromatic N) is 1. The van der Waals surface area contributed by atoms with Crippen molar-refractivity contribution in [3.05, 3.63) is 23.8 Å². The standard InChI is InChI=1S/C19H28N2O4/c1-13(11-14-4-5-17(22)18(23)12-14)20-19(24)16-3-2-8-21(16)15-6-9-25-10-7-15/h4-5,12-13,15-16,22-23H,2-3,6-11H2,1H3,(H,20,24)/t13-,16+/m1/s1. The van der Waals surface area contributed by atoms with Crippen molar-refractivity contribution in [3.8, 4) is 11.5 Å². The van der Waals surface area contributed by atoms with Crippen LogP contribution in [0.5, 0.6) is 11.5 Å². The molecule has 2 aliphatic rings. The van der Waals surface area contributed by atoms with E-state index in [1.807, 2.05) is 6.92 Å². The van der Waals surface area contributed by atoms with Crippen LogP contribution < -0.4 is 5.32 Å². The average Bonchev–Trinajstić information content (AvgIpc) is 3.09. The Kier molecular flexibility index (Phi) is 5.81. The molecule has 3 N–H and O–H groups in total. The first-order valence-corrected chi connectivity index (χ1v) is 9.19. The fraction of sp³-hybridized carbons (Fsp3) is 0.632. The van der Waals surface area contributed by atoms with Crippen molar-refractivity contribution in [1.29, 1.82) is 0 Å². The fourth-order valence-corrected chi connectivity index (χ4v) is 3.96. The highest BCUT2D eigenvalue weighted by Crippen LogP contribution is 2.27. The lowest BCUT2D eigenvalue weighted by molar-refractivity contribution is -0.127. The van der Waals surface area contributed by atoms with E-state index in [2.05, 4.69) is 10.2 Å². The molecule has 2 atom stereocenters. The number of aromatic hydroxyl groups is 2. The van der Waals surface area contributed by atoms with Crippen LogP contribution in [0.25, 0.3) is 0 Å². The van der Waals surface area contributed by atoms with E-state index in [0.29, 0.717) is 12.5 Å². The van der Waals surface area contributed by atoms with Gasteiger partial charge in [0.1, 0.15) is 0 Å². The Bertz CT molecular complexity index is 601. The Hall–Kier alpha value is -1.79. The lowest BCUT2D eigenvalue weighted by Crippen LogP contribution is -2.51. The van der Waals surface area contributed by atoms with E-state index in [1.165, 1.54) is 6.07 Å². The normalized spacial score (nSPS) is 23.5. The number of nitrogens with one attached hydrogen (secondary N) is 1. The molecule has 0 bridgehead atoms. The van der Waals surface area contributed by atoms with Gasteiger partial charge in [0.2, 0.25) is 5.91 Å². The molecule has 2 saturated heterocycles. The number of ether oxygens (including phenoxy) is 1. The topological polar surface area (TPSA) is 82.0 Å². The molecule has 6 nitrogen and oxygen atoms in total. The summed E-state index contributed by atoms with van der Waals surface area (Å²) >= 11 is 0. The quantitative estimate of drug-likeness (QED) is 0.707. The summed E-state index contributed by atoms with van der Waals surface area (Å²) in [5.74, 6) is -0.157. The van der Waals surface area contributed by atoms with Crippen LogP contribution in [0.3, 0.4) is 0 Å². The minimum absolute atomic E-state index is 0.0337. The number of hydrogen-bond donors (Lipinski definition) is 3. The first kappa shape index (κ1) is 18.0. The first-order valence-electron chi connectivity index (χ1n) is 9.19. The van der Waals surface area contributed by atoms with Gasteiger partial charge in [0.25, 0.3) is 0 Å². The maximum atomic E-state index is 12.7. The molecule has 138 valence electrons. The number of rotatable bonds is 5. The number of phenols is 2. The second kappa shape index (κ2) is 8.06. The molecule has 25 heavy (non-hydrogen) atoms. The second-order valence-electron chi connectivity index (χ2n) is 7.18. The highest BCUT2D eigenvalue weighted by molar-refractivity contribution is 5.82. The number of likely N-dealkylation sites (tertiary alicyclic amines) is 1. The minimum atomic E-state index is -0.127. The monoisotopic (exact) mass is 348 g/mol. The van der Waals surface area contributed by atoms with Gasteiger partial charge in [-0.25, -0.2) is 0 Å². The summed E-state index contributed by atoms with van der Waals surface area (Å²) in [6.45, 7) is 4.53. The van der Waals surface area contributed by atoms with E-state index < -0.39 is 0 Å². The van der Waals surface area contributed by atoms with Crippen molar-refractivity contribution in [1.82, 2.24) is 10.2 Å². The van der Waals surface area contributed by atoms with Gasteiger partial charge in [0.05, 0.1) is 6.04 Å². The molecule has 2 heterocycles. The third-order valence-corrected chi connectivity index (χ3v) is 5.23. The number of phenolic OH excluding ortho intramolecular Hbond substituents is 2. The first-order chi connectivity index (χ1) is 12.0. The van der Waals surface area contributed by atoms with Crippen molar-refractivity contribution in [2.75, 3.05) is 19.8 Å². The van der Waals surface area contributed by atoms with Crippen LogP contribution in [0.1, 0.15) is 38.2 Å². The van der Waals surface area contributed by atoms with Crippen molar-refractivity contribution < 1.29 is 19.7 Å². The van der Waals surface area contributed by atoms with Crippen LogP contribution in [0.4, 0.5) is 0 Å². The Morgan fingerprint density at radius 3 is 2.76 bits per heavy atom. The summed E-state index contributed by atoms with van der Waals surface area (Å²) in [6, 6.07) is 5.16. The zero-order valence-electron chi connectivity index (χ0n) is 14.8. The maximum Gasteiger partial charge on any atom is 0.237 e. The lowest BCUT2D eigenvalue weighted by Gasteiger charge is -2.35. The van der Waals surface area contributed by atoms with Crippen molar-refractivity contribution in [2.45, 2.75) is 57.2 Å². The summed E-state index contributed by atoms with van der Waals surface area (Å²) < 4.78 is 5.44. The molecule has 0 aromatic heterocycles. The van der Waals surface area contributed by atoms with Crippen LogP contribution in [0.15, 0.2) is 18.2 Å². The molecule has 1 aromatic carbocycles. The number of benzene rings is 1. The van der Waals surface area contributed by atoms with Crippen LogP contribution >= 0.6 is 0 Å². The van der Waals surface area contributed by atoms with Crippen molar-refractivity contribution in [3.63, 3.8) is 0 Å². The van der Waals surface area contributed by atoms with Crippen LogP contribution in [0.2, 0.25) is 0 Å². The molecule has 0 aliphatic carbocycles.